The fourth-order valence-corrected chi connectivity index (χ4v) is 10.00. The van der Waals surface area contributed by atoms with Crippen LogP contribution in [0.15, 0.2) is 249 Å². The van der Waals surface area contributed by atoms with E-state index in [1.807, 2.05) is 60.7 Å². The molecule has 68 heavy (non-hydrogen) atoms. The Bertz CT molecular complexity index is 3950. The minimum Gasteiger partial charge on any atom is -0.309 e. The topological polar surface area (TPSA) is 48.5 Å². The summed E-state index contributed by atoms with van der Waals surface area (Å²) in [4.78, 5) is 15.2. The van der Waals surface area contributed by atoms with Crippen molar-refractivity contribution in [2.75, 3.05) is 0 Å². The highest BCUT2D eigenvalue weighted by atomic mass is 15.0. The van der Waals surface area contributed by atoms with Gasteiger partial charge in [0.25, 0.3) is 0 Å². The molecule has 0 bridgehead atoms. The molecular weight excluding hydrogens is 827 g/mol. The number of fused-ring (bicyclic) bond motifs is 6. The fourth-order valence-electron chi connectivity index (χ4n) is 10.00. The van der Waals surface area contributed by atoms with Gasteiger partial charge in [0.1, 0.15) is 0 Å². The first-order valence-electron chi connectivity index (χ1n) is 23.0. The van der Waals surface area contributed by atoms with Crippen molar-refractivity contribution in [1.29, 1.82) is 0 Å². The van der Waals surface area contributed by atoms with Gasteiger partial charge in [0.2, 0.25) is 0 Å². The Morgan fingerprint density at radius 2 is 0.676 bits per heavy atom. The van der Waals surface area contributed by atoms with Crippen LogP contribution in [0.2, 0.25) is 0 Å². The number of aromatic nitrogens is 5. The Hall–Kier alpha value is -9.19. The van der Waals surface area contributed by atoms with Crippen LogP contribution in [0.25, 0.3) is 123 Å². The van der Waals surface area contributed by atoms with Gasteiger partial charge in [-0.2, -0.15) is 0 Å². The summed E-state index contributed by atoms with van der Waals surface area (Å²) in [6.07, 6.45) is 0. The van der Waals surface area contributed by atoms with Crippen LogP contribution in [-0.4, -0.2) is 24.1 Å². The maximum Gasteiger partial charge on any atom is 0.164 e. The third kappa shape index (κ3) is 6.76. The van der Waals surface area contributed by atoms with Crippen molar-refractivity contribution >= 4 is 43.6 Å². The van der Waals surface area contributed by atoms with E-state index < -0.39 is 0 Å². The Morgan fingerprint density at radius 1 is 0.235 bits per heavy atom. The molecule has 0 spiro atoms. The molecule has 0 aliphatic carbocycles. The molecule has 0 aliphatic rings. The summed E-state index contributed by atoms with van der Waals surface area (Å²) >= 11 is 0. The zero-order valence-electron chi connectivity index (χ0n) is 36.9. The predicted molar refractivity (Wildman–Crippen MR) is 281 cm³/mol. The molecule has 0 N–H and O–H groups in total. The van der Waals surface area contributed by atoms with Crippen molar-refractivity contribution in [3.05, 3.63) is 249 Å². The smallest absolute Gasteiger partial charge is 0.164 e. The van der Waals surface area contributed by atoms with Crippen molar-refractivity contribution < 1.29 is 0 Å². The molecule has 0 fully saturated rings. The van der Waals surface area contributed by atoms with E-state index in [0.29, 0.717) is 17.5 Å². The molecule has 10 aromatic carbocycles. The minimum absolute atomic E-state index is 0.623. The second-order valence-corrected chi connectivity index (χ2v) is 17.2. The van der Waals surface area contributed by atoms with Crippen LogP contribution in [0.1, 0.15) is 0 Å². The SMILES string of the molecule is c1ccc(-c2cccc(-n3c4ccc(-c5ccc6c(c5)c5ccccc5n6-c5ccccc5)cc4c4c(-c5cccc(-c6nc(-c7ccccc7)nc(-c7ccccc7)n6)c5)cccc43)c2)cc1. The van der Waals surface area contributed by atoms with Gasteiger partial charge in [-0.25, -0.2) is 15.0 Å². The number of nitrogens with zero attached hydrogens (tertiary/aromatic N) is 5. The summed E-state index contributed by atoms with van der Waals surface area (Å²) in [5.41, 5.74) is 16.6. The van der Waals surface area contributed by atoms with Crippen molar-refractivity contribution in [2.45, 2.75) is 0 Å². The largest absolute Gasteiger partial charge is 0.309 e. The van der Waals surface area contributed by atoms with Crippen molar-refractivity contribution in [3.8, 4) is 78.9 Å². The summed E-state index contributed by atoms with van der Waals surface area (Å²) in [6.45, 7) is 0. The maximum absolute atomic E-state index is 5.10. The van der Waals surface area contributed by atoms with Gasteiger partial charge in [0.05, 0.1) is 22.1 Å². The van der Waals surface area contributed by atoms with Gasteiger partial charge in [-0.05, 0) is 100 Å². The first kappa shape index (κ1) is 39.2. The number of hydrogen-bond donors (Lipinski definition) is 0. The normalized spacial score (nSPS) is 11.5. The van der Waals surface area contributed by atoms with Gasteiger partial charge in [-0.15, -0.1) is 0 Å². The van der Waals surface area contributed by atoms with Crippen molar-refractivity contribution in [2.24, 2.45) is 0 Å². The lowest BCUT2D eigenvalue weighted by atomic mass is 9.96. The molecule has 0 aliphatic heterocycles. The highest BCUT2D eigenvalue weighted by Crippen LogP contribution is 2.42. The second-order valence-electron chi connectivity index (χ2n) is 17.2. The van der Waals surface area contributed by atoms with Crippen molar-refractivity contribution in [1.82, 2.24) is 24.1 Å². The highest BCUT2D eigenvalue weighted by molar-refractivity contribution is 6.17. The Kier molecular flexibility index (Phi) is 9.43. The molecule has 5 nitrogen and oxygen atoms in total. The molecule has 0 amide bonds. The molecule has 0 saturated carbocycles. The molecule has 5 heteroatoms. The molecule has 0 radical (unpaired) electrons. The van der Waals surface area contributed by atoms with E-state index in [9.17, 15) is 0 Å². The van der Waals surface area contributed by atoms with Gasteiger partial charge in [-0.1, -0.05) is 182 Å². The van der Waals surface area contributed by atoms with Crippen molar-refractivity contribution in [3.63, 3.8) is 0 Å². The number of benzene rings is 10. The molecule has 13 rings (SSSR count). The lowest BCUT2D eigenvalue weighted by molar-refractivity contribution is 1.07. The van der Waals surface area contributed by atoms with Crippen LogP contribution in [-0.2, 0) is 0 Å². The third-order valence-electron chi connectivity index (χ3n) is 13.2. The van der Waals surface area contributed by atoms with E-state index in [1.165, 1.54) is 49.3 Å². The van der Waals surface area contributed by atoms with Gasteiger partial charge in [0, 0.05) is 49.6 Å². The highest BCUT2D eigenvalue weighted by Gasteiger charge is 2.20. The Labute approximate surface area is 393 Å². The lowest BCUT2D eigenvalue weighted by Crippen LogP contribution is -2.00. The Balaban J connectivity index is 1.01. The van der Waals surface area contributed by atoms with Gasteiger partial charge >= 0.3 is 0 Å². The number of para-hydroxylation sites is 2. The molecule has 3 aromatic heterocycles. The van der Waals surface area contributed by atoms with Crippen LogP contribution >= 0.6 is 0 Å². The molecule has 3 heterocycles. The predicted octanol–water partition coefficient (Wildman–Crippen LogP) is 16.1. The van der Waals surface area contributed by atoms with E-state index in [4.69, 9.17) is 15.0 Å². The summed E-state index contributed by atoms with van der Waals surface area (Å²) in [5, 5.41) is 4.81. The third-order valence-corrected chi connectivity index (χ3v) is 13.2. The fraction of sp³-hybridized carbons (Fsp3) is 0. The van der Waals surface area contributed by atoms with Gasteiger partial charge in [0.15, 0.2) is 17.5 Å². The Morgan fingerprint density at radius 3 is 1.37 bits per heavy atom. The van der Waals surface area contributed by atoms with E-state index >= 15 is 0 Å². The average Bonchev–Trinajstić information content (AvgIpc) is 3.94. The first-order valence-corrected chi connectivity index (χ1v) is 23.0. The van der Waals surface area contributed by atoms with Crippen LogP contribution < -0.4 is 0 Å². The monoisotopic (exact) mass is 867 g/mol. The van der Waals surface area contributed by atoms with E-state index in [1.54, 1.807) is 0 Å². The van der Waals surface area contributed by atoms with E-state index in [2.05, 4.69) is 197 Å². The van der Waals surface area contributed by atoms with Crippen LogP contribution in [0, 0.1) is 0 Å². The standard InChI is InChI=1S/C63H41N5/c1-5-18-42(19-6-1)45-24-16-29-51(39-45)68-58-37-35-47(46-34-36-57-54(40-46)53-30-13-14-32-56(53)67(57)50-27-11-4-12-28-50)41-55(58)60-52(31-17-33-59(60)68)48-25-15-26-49(38-48)63-65-61(43-20-7-2-8-21-43)64-62(66-63)44-22-9-3-10-23-44/h1-41H. The summed E-state index contributed by atoms with van der Waals surface area (Å²) in [6, 6.07) is 88.4. The zero-order valence-corrected chi connectivity index (χ0v) is 36.9. The molecule has 0 unspecified atom stereocenters. The van der Waals surface area contributed by atoms with Gasteiger partial charge in [-0.3, -0.25) is 0 Å². The molecular formula is C63H41N5. The average molecular weight is 868 g/mol. The van der Waals surface area contributed by atoms with Crippen LogP contribution in [0.4, 0.5) is 0 Å². The summed E-state index contributed by atoms with van der Waals surface area (Å²) in [5.74, 6) is 1.90. The molecule has 318 valence electrons. The number of rotatable bonds is 8. The zero-order chi connectivity index (χ0) is 45.0. The van der Waals surface area contributed by atoms with Crippen LogP contribution in [0.5, 0.6) is 0 Å². The van der Waals surface area contributed by atoms with Crippen LogP contribution in [0.3, 0.4) is 0 Å². The number of hydrogen-bond acceptors (Lipinski definition) is 3. The summed E-state index contributed by atoms with van der Waals surface area (Å²) < 4.78 is 4.80. The van der Waals surface area contributed by atoms with E-state index in [0.717, 1.165) is 55.8 Å². The minimum atomic E-state index is 0.623. The molecule has 0 saturated heterocycles. The quantitative estimate of drug-likeness (QED) is 0.153. The summed E-state index contributed by atoms with van der Waals surface area (Å²) in [7, 11) is 0. The first-order chi connectivity index (χ1) is 33.7. The van der Waals surface area contributed by atoms with Gasteiger partial charge < -0.3 is 9.13 Å². The molecule has 0 atom stereocenters. The lowest BCUT2D eigenvalue weighted by Gasteiger charge is -2.12. The maximum atomic E-state index is 5.10. The second kappa shape index (κ2) is 16.4. The molecule has 13 aromatic rings. The van der Waals surface area contributed by atoms with E-state index in [-0.39, 0.29) is 0 Å².